The minimum atomic E-state index is -3.64. The lowest BCUT2D eigenvalue weighted by molar-refractivity contribution is -0.141. The summed E-state index contributed by atoms with van der Waals surface area (Å²) < 4.78 is 44.4. The molecule has 0 saturated heterocycles. The van der Waals surface area contributed by atoms with Crippen molar-refractivity contribution in [2.75, 3.05) is 30.8 Å². The summed E-state index contributed by atoms with van der Waals surface area (Å²) in [5.74, 6) is -0.308. The van der Waals surface area contributed by atoms with Crippen molar-refractivity contribution in [1.82, 2.24) is 10.2 Å². The molecule has 0 aliphatic rings. The number of rotatable bonds is 14. The van der Waals surface area contributed by atoms with Crippen molar-refractivity contribution in [3.8, 4) is 5.75 Å². The molecule has 36 heavy (non-hydrogen) atoms. The van der Waals surface area contributed by atoms with Crippen LogP contribution < -0.4 is 14.4 Å². The van der Waals surface area contributed by atoms with Crippen molar-refractivity contribution in [3.05, 3.63) is 59.9 Å². The Morgan fingerprint density at radius 2 is 1.81 bits per heavy atom. The summed E-state index contributed by atoms with van der Waals surface area (Å²) in [5.41, 5.74) is 1.14. The van der Waals surface area contributed by atoms with Crippen LogP contribution in [-0.2, 0) is 26.2 Å². The van der Waals surface area contributed by atoms with Gasteiger partial charge < -0.3 is 15.0 Å². The molecule has 2 aromatic rings. The van der Waals surface area contributed by atoms with E-state index in [4.69, 9.17) is 4.74 Å². The highest BCUT2D eigenvalue weighted by molar-refractivity contribution is 7.92. The maximum absolute atomic E-state index is 13.4. The van der Waals surface area contributed by atoms with Crippen LogP contribution in [0.4, 0.5) is 10.1 Å². The molecule has 0 unspecified atom stereocenters. The molecule has 8 nitrogen and oxygen atoms in total. The number of hydrogen-bond donors (Lipinski definition) is 1. The van der Waals surface area contributed by atoms with Crippen molar-refractivity contribution in [2.24, 2.45) is 0 Å². The first-order chi connectivity index (χ1) is 17.1. The number of amides is 2. The normalized spacial score (nSPS) is 12.0. The van der Waals surface area contributed by atoms with Crippen LogP contribution in [0.15, 0.2) is 48.5 Å². The molecule has 0 fully saturated rings. The smallest absolute Gasteiger partial charge is 0.242 e. The average Bonchev–Trinajstić information content (AvgIpc) is 2.85. The van der Waals surface area contributed by atoms with Crippen molar-refractivity contribution in [1.29, 1.82) is 0 Å². The van der Waals surface area contributed by atoms with Crippen LogP contribution >= 0.6 is 0 Å². The Morgan fingerprint density at radius 3 is 2.39 bits per heavy atom. The van der Waals surface area contributed by atoms with Gasteiger partial charge in [-0.2, -0.15) is 0 Å². The predicted octanol–water partition coefficient (Wildman–Crippen LogP) is 3.71. The number of nitrogens with zero attached hydrogens (tertiary/aromatic N) is 2. The van der Waals surface area contributed by atoms with E-state index in [1.807, 2.05) is 32.0 Å². The van der Waals surface area contributed by atoms with Crippen LogP contribution in [0.1, 0.15) is 45.1 Å². The minimum Gasteiger partial charge on any atom is -0.497 e. The summed E-state index contributed by atoms with van der Waals surface area (Å²) >= 11 is 0. The van der Waals surface area contributed by atoms with E-state index in [1.54, 1.807) is 18.1 Å². The van der Waals surface area contributed by atoms with E-state index in [9.17, 15) is 22.4 Å². The van der Waals surface area contributed by atoms with E-state index in [0.717, 1.165) is 22.5 Å². The highest BCUT2D eigenvalue weighted by Crippen LogP contribution is 2.21. The topological polar surface area (TPSA) is 96.0 Å². The van der Waals surface area contributed by atoms with Gasteiger partial charge in [0.2, 0.25) is 21.8 Å². The summed E-state index contributed by atoms with van der Waals surface area (Å²) in [5, 5.41) is 2.87. The summed E-state index contributed by atoms with van der Waals surface area (Å²) in [6, 6.07) is 11.8. The van der Waals surface area contributed by atoms with Gasteiger partial charge in [-0.3, -0.25) is 13.9 Å². The van der Waals surface area contributed by atoms with E-state index in [2.05, 4.69) is 5.32 Å². The maximum Gasteiger partial charge on any atom is 0.242 e. The van der Waals surface area contributed by atoms with Crippen LogP contribution in [-0.4, -0.2) is 57.6 Å². The largest absolute Gasteiger partial charge is 0.497 e. The maximum atomic E-state index is 13.4. The minimum absolute atomic E-state index is 0.0364. The van der Waals surface area contributed by atoms with Gasteiger partial charge in [0.1, 0.15) is 17.6 Å². The van der Waals surface area contributed by atoms with Gasteiger partial charge in [0, 0.05) is 26.1 Å². The molecule has 1 atom stereocenters. The average molecular weight is 522 g/mol. The third-order valence-electron chi connectivity index (χ3n) is 5.69. The zero-order valence-electron chi connectivity index (χ0n) is 21.4. The molecule has 2 aromatic carbocycles. The standard InChI is InChI=1S/C26H36FN3O5S/c1-5-16-28-26(32)24(6-2)29(19-20-9-7-10-23(18-20)35-3)25(31)11-8-17-30(36(4,33)34)22-14-12-21(27)13-15-22/h7,9-10,12-15,18,24H,5-6,8,11,16-17,19H2,1-4H3,(H,28,32)/t24-/m1/s1. The quantitative estimate of drug-likeness (QED) is 0.409. The fourth-order valence-electron chi connectivity index (χ4n) is 3.86. The second-order valence-corrected chi connectivity index (χ2v) is 10.4. The molecule has 0 saturated carbocycles. The Labute approximate surface area is 213 Å². The molecule has 0 aliphatic heterocycles. The molecule has 10 heteroatoms. The first-order valence-electron chi connectivity index (χ1n) is 12.0. The number of carbonyl (C=O) groups excluding carboxylic acids is 2. The zero-order valence-corrected chi connectivity index (χ0v) is 22.2. The Kier molecular flexibility index (Phi) is 11.2. The Balaban J connectivity index is 2.21. The van der Waals surface area contributed by atoms with Crippen LogP contribution in [0.2, 0.25) is 0 Å². The summed E-state index contributed by atoms with van der Waals surface area (Å²) in [4.78, 5) is 27.8. The van der Waals surface area contributed by atoms with Crippen LogP contribution in [0.3, 0.4) is 0 Å². The molecule has 0 spiro atoms. The molecule has 0 bridgehead atoms. The fourth-order valence-corrected chi connectivity index (χ4v) is 4.83. The van der Waals surface area contributed by atoms with Gasteiger partial charge in [0.25, 0.3) is 0 Å². The van der Waals surface area contributed by atoms with E-state index >= 15 is 0 Å². The third-order valence-corrected chi connectivity index (χ3v) is 6.88. The SMILES string of the molecule is CCCNC(=O)[C@@H](CC)N(Cc1cccc(OC)c1)C(=O)CCCN(c1ccc(F)cc1)S(C)(=O)=O. The second kappa shape index (κ2) is 13.8. The molecule has 1 N–H and O–H groups in total. The van der Waals surface area contributed by atoms with Gasteiger partial charge in [-0.25, -0.2) is 12.8 Å². The van der Waals surface area contributed by atoms with Gasteiger partial charge in [0.15, 0.2) is 0 Å². The monoisotopic (exact) mass is 521 g/mol. The number of nitrogens with one attached hydrogen (secondary N) is 1. The van der Waals surface area contributed by atoms with Gasteiger partial charge >= 0.3 is 0 Å². The molecule has 198 valence electrons. The highest BCUT2D eigenvalue weighted by atomic mass is 32.2. The van der Waals surface area contributed by atoms with E-state index in [1.165, 1.54) is 24.3 Å². The highest BCUT2D eigenvalue weighted by Gasteiger charge is 2.28. The van der Waals surface area contributed by atoms with Gasteiger partial charge in [-0.15, -0.1) is 0 Å². The van der Waals surface area contributed by atoms with Gasteiger partial charge in [0.05, 0.1) is 19.1 Å². The molecular weight excluding hydrogens is 485 g/mol. The first kappa shape index (κ1) is 29.1. The van der Waals surface area contributed by atoms with Crippen LogP contribution in [0.25, 0.3) is 0 Å². The lowest BCUT2D eigenvalue weighted by atomic mass is 10.1. The Hall–Kier alpha value is -3.14. The molecule has 2 rings (SSSR count). The molecule has 0 heterocycles. The third kappa shape index (κ3) is 8.51. The number of sulfonamides is 1. The zero-order chi connectivity index (χ0) is 26.7. The second-order valence-electron chi connectivity index (χ2n) is 8.50. The Morgan fingerprint density at radius 1 is 1.11 bits per heavy atom. The lowest BCUT2D eigenvalue weighted by Crippen LogP contribution is -2.49. The molecule has 2 amide bonds. The number of halogens is 1. The number of ether oxygens (including phenoxy) is 1. The summed E-state index contributed by atoms with van der Waals surface area (Å²) in [6.45, 7) is 4.57. The van der Waals surface area contributed by atoms with Crippen molar-refractivity contribution in [2.45, 2.75) is 52.1 Å². The van der Waals surface area contributed by atoms with E-state index < -0.39 is 21.9 Å². The van der Waals surface area contributed by atoms with Crippen molar-refractivity contribution < 1.29 is 27.1 Å². The molecule has 0 aromatic heterocycles. The number of methoxy groups -OCH3 is 1. The number of benzene rings is 2. The van der Waals surface area contributed by atoms with Crippen molar-refractivity contribution >= 4 is 27.5 Å². The predicted molar refractivity (Wildman–Crippen MR) is 139 cm³/mol. The van der Waals surface area contributed by atoms with E-state index in [-0.39, 0.29) is 37.7 Å². The number of carbonyl (C=O) groups is 2. The summed E-state index contributed by atoms with van der Waals surface area (Å²) in [7, 11) is -2.08. The first-order valence-corrected chi connectivity index (χ1v) is 13.9. The molecule has 0 radical (unpaired) electrons. The number of hydrogen-bond acceptors (Lipinski definition) is 5. The fraction of sp³-hybridized carbons (Fsp3) is 0.462. The van der Waals surface area contributed by atoms with Crippen LogP contribution in [0.5, 0.6) is 5.75 Å². The van der Waals surface area contributed by atoms with Crippen LogP contribution in [0, 0.1) is 5.82 Å². The number of anilines is 1. The van der Waals surface area contributed by atoms with Crippen molar-refractivity contribution in [3.63, 3.8) is 0 Å². The molecule has 0 aliphatic carbocycles. The summed E-state index contributed by atoms with van der Waals surface area (Å²) in [6.07, 6.45) is 2.53. The Bertz CT molecular complexity index is 1110. The van der Waals surface area contributed by atoms with E-state index in [0.29, 0.717) is 24.4 Å². The molecular formula is C26H36FN3O5S. The van der Waals surface area contributed by atoms with Gasteiger partial charge in [-0.1, -0.05) is 26.0 Å². The van der Waals surface area contributed by atoms with Gasteiger partial charge in [-0.05, 0) is 61.2 Å². The lowest BCUT2D eigenvalue weighted by Gasteiger charge is -2.31.